The van der Waals surface area contributed by atoms with Gasteiger partial charge in [0.2, 0.25) is 0 Å². The lowest BCUT2D eigenvalue weighted by Crippen LogP contribution is -2.29. The predicted octanol–water partition coefficient (Wildman–Crippen LogP) is 0.337. The van der Waals surface area contributed by atoms with Gasteiger partial charge in [-0.1, -0.05) is 0 Å². The van der Waals surface area contributed by atoms with Gasteiger partial charge in [-0.3, -0.25) is 14.8 Å². The summed E-state index contributed by atoms with van der Waals surface area (Å²) in [5, 5.41) is 2.86. The molecule has 20 heavy (non-hydrogen) atoms. The maximum Gasteiger partial charge on any atom is 0.274 e. The minimum absolute atomic E-state index is 0.129. The molecule has 0 bridgehead atoms. The van der Waals surface area contributed by atoms with E-state index in [2.05, 4.69) is 20.0 Å². The molecule has 1 aliphatic rings. The zero-order valence-electron chi connectivity index (χ0n) is 11.8. The molecule has 2 aromatic rings. The van der Waals surface area contributed by atoms with E-state index in [0.717, 1.165) is 31.7 Å². The predicted molar refractivity (Wildman–Crippen MR) is 73.7 cm³/mol. The van der Waals surface area contributed by atoms with Gasteiger partial charge in [0.15, 0.2) is 0 Å². The molecular weight excluding hydrogens is 258 g/mol. The molecule has 3 heterocycles. The average molecular weight is 277 g/mol. The number of nitrogens with zero attached hydrogens (tertiary/aromatic N) is 4. The maximum absolute atomic E-state index is 11.9. The molecule has 1 fully saturated rings. The Bertz CT molecular complexity index is 656. The highest BCUT2D eigenvalue weighted by Crippen LogP contribution is 2.13. The molecule has 108 valence electrons. The number of likely N-dealkylation sites (N-methyl/N-ethyl adjacent to an activating group) is 1. The molecule has 0 aliphatic carbocycles. The van der Waals surface area contributed by atoms with E-state index in [1.165, 1.54) is 4.52 Å². The van der Waals surface area contributed by atoms with Crippen LogP contribution in [0.3, 0.4) is 0 Å². The third kappa shape index (κ3) is 2.73. The van der Waals surface area contributed by atoms with Gasteiger partial charge < -0.3 is 4.74 Å². The number of aromatic amines is 1. The van der Waals surface area contributed by atoms with E-state index >= 15 is 0 Å². The van der Waals surface area contributed by atoms with Crippen molar-refractivity contribution >= 4 is 5.78 Å². The number of aryl methyl sites for hydroxylation is 1. The molecular formula is C13H19N5O2. The van der Waals surface area contributed by atoms with Crippen LogP contribution in [0.15, 0.2) is 10.9 Å². The van der Waals surface area contributed by atoms with Crippen molar-refractivity contribution in [2.45, 2.75) is 32.4 Å². The maximum atomic E-state index is 11.9. The van der Waals surface area contributed by atoms with Crippen molar-refractivity contribution in [1.29, 1.82) is 0 Å². The lowest BCUT2D eigenvalue weighted by atomic mass is 10.2. The highest BCUT2D eigenvalue weighted by Gasteiger charge is 2.18. The second kappa shape index (κ2) is 5.34. The summed E-state index contributed by atoms with van der Waals surface area (Å²) < 4.78 is 6.97. The Morgan fingerprint density at radius 3 is 3.15 bits per heavy atom. The number of H-pyrrole nitrogens is 1. The lowest BCUT2D eigenvalue weighted by Gasteiger charge is -2.19. The Morgan fingerprint density at radius 1 is 1.55 bits per heavy atom. The van der Waals surface area contributed by atoms with Crippen LogP contribution in [0.4, 0.5) is 0 Å². The second-order valence-corrected chi connectivity index (χ2v) is 5.36. The van der Waals surface area contributed by atoms with Gasteiger partial charge in [-0.2, -0.15) is 9.50 Å². The van der Waals surface area contributed by atoms with Crippen molar-refractivity contribution in [2.24, 2.45) is 0 Å². The zero-order valence-corrected chi connectivity index (χ0v) is 11.8. The van der Waals surface area contributed by atoms with Crippen molar-refractivity contribution in [2.75, 3.05) is 20.2 Å². The Kier molecular flexibility index (Phi) is 3.54. The number of fused-ring (bicyclic) bond motifs is 1. The highest BCUT2D eigenvalue weighted by atomic mass is 16.5. The van der Waals surface area contributed by atoms with E-state index in [1.807, 2.05) is 7.05 Å². The fourth-order valence-corrected chi connectivity index (χ4v) is 2.59. The monoisotopic (exact) mass is 277 g/mol. The fraction of sp³-hybridized carbons (Fsp3) is 0.615. The molecule has 0 amide bonds. The molecule has 1 N–H and O–H groups in total. The number of hydrogen-bond donors (Lipinski definition) is 1. The third-order valence-electron chi connectivity index (χ3n) is 3.47. The zero-order chi connectivity index (χ0) is 14.1. The van der Waals surface area contributed by atoms with E-state index < -0.39 is 0 Å². The Hall–Kier alpha value is -1.73. The SMILES string of the molecule is Cc1nc2nc(CN(C)CC3CCCO3)cc(=O)n2[nH]1. The summed E-state index contributed by atoms with van der Waals surface area (Å²) in [6.07, 6.45) is 2.55. The Balaban J connectivity index is 1.74. The van der Waals surface area contributed by atoms with Gasteiger partial charge >= 0.3 is 0 Å². The van der Waals surface area contributed by atoms with Crippen molar-refractivity contribution in [3.8, 4) is 0 Å². The largest absolute Gasteiger partial charge is 0.377 e. The first-order valence-electron chi connectivity index (χ1n) is 6.87. The molecule has 0 spiro atoms. The summed E-state index contributed by atoms with van der Waals surface area (Å²) in [7, 11) is 2.01. The molecule has 0 saturated carbocycles. The van der Waals surface area contributed by atoms with Crippen LogP contribution in [0.5, 0.6) is 0 Å². The van der Waals surface area contributed by atoms with Crippen LogP contribution < -0.4 is 5.56 Å². The van der Waals surface area contributed by atoms with Crippen molar-refractivity contribution in [1.82, 2.24) is 24.5 Å². The van der Waals surface area contributed by atoms with Crippen LogP contribution in [-0.4, -0.2) is 50.8 Å². The first kappa shape index (κ1) is 13.3. The van der Waals surface area contributed by atoms with E-state index in [4.69, 9.17) is 4.74 Å². The number of aromatic nitrogens is 4. The first-order chi connectivity index (χ1) is 9.61. The summed E-state index contributed by atoms with van der Waals surface area (Å²) in [4.78, 5) is 22.7. The van der Waals surface area contributed by atoms with Crippen LogP contribution in [-0.2, 0) is 11.3 Å². The molecule has 7 nitrogen and oxygen atoms in total. The molecule has 0 aromatic carbocycles. The van der Waals surface area contributed by atoms with E-state index in [1.54, 1.807) is 13.0 Å². The van der Waals surface area contributed by atoms with Crippen molar-refractivity contribution < 1.29 is 4.74 Å². The van der Waals surface area contributed by atoms with Gasteiger partial charge in [-0.15, -0.1) is 0 Å². The molecule has 3 rings (SSSR count). The van der Waals surface area contributed by atoms with Gasteiger partial charge in [0, 0.05) is 25.8 Å². The fourth-order valence-electron chi connectivity index (χ4n) is 2.59. The summed E-state index contributed by atoms with van der Waals surface area (Å²) in [5.74, 6) is 1.11. The van der Waals surface area contributed by atoms with Gasteiger partial charge in [-0.25, -0.2) is 4.98 Å². The van der Waals surface area contributed by atoms with Crippen LogP contribution in [0.25, 0.3) is 5.78 Å². The van der Waals surface area contributed by atoms with E-state index in [9.17, 15) is 4.79 Å². The Labute approximate surface area is 116 Å². The van der Waals surface area contributed by atoms with Gasteiger partial charge in [0.25, 0.3) is 11.3 Å². The number of nitrogens with one attached hydrogen (secondary N) is 1. The molecule has 1 unspecified atom stereocenters. The molecule has 1 saturated heterocycles. The van der Waals surface area contributed by atoms with E-state index in [-0.39, 0.29) is 5.56 Å². The number of ether oxygens (including phenoxy) is 1. The summed E-state index contributed by atoms with van der Waals surface area (Å²) in [6, 6.07) is 1.55. The smallest absolute Gasteiger partial charge is 0.274 e. The topological polar surface area (TPSA) is 75.5 Å². The minimum Gasteiger partial charge on any atom is -0.377 e. The summed E-state index contributed by atoms with van der Waals surface area (Å²) in [6.45, 7) is 4.14. The van der Waals surface area contributed by atoms with Crippen molar-refractivity contribution in [3.05, 3.63) is 27.9 Å². The minimum atomic E-state index is -0.129. The highest BCUT2D eigenvalue weighted by molar-refractivity contribution is 5.27. The summed E-state index contributed by atoms with van der Waals surface area (Å²) >= 11 is 0. The van der Waals surface area contributed by atoms with Crippen molar-refractivity contribution in [3.63, 3.8) is 0 Å². The van der Waals surface area contributed by atoms with Gasteiger partial charge in [0.1, 0.15) is 5.82 Å². The lowest BCUT2D eigenvalue weighted by molar-refractivity contribution is 0.0790. The number of rotatable bonds is 4. The van der Waals surface area contributed by atoms with E-state index in [0.29, 0.717) is 24.3 Å². The Morgan fingerprint density at radius 2 is 2.40 bits per heavy atom. The van der Waals surface area contributed by atoms with Crippen LogP contribution in [0.1, 0.15) is 24.4 Å². The molecule has 0 radical (unpaired) electrons. The molecule has 2 aromatic heterocycles. The molecule has 1 aliphatic heterocycles. The first-order valence-corrected chi connectivity index (χ1v) is 6.87. The third-order valence-corrected chi connectivity index (χ3v) is 3.47. The summed E-state index contributed by atoms with van der Waals surface area (Å²) in [5.41, 5.74) is 0.609. The van der Waals surface area contributed by atoms with Crippen LogP contribution in [0.2, 0.25) is 0 Å². The normalized spacial score (nSPS) is 19.2. The standard InChI is InChI=1S/C13H19N5O2/c1-9-14-13-15-10(6-12(19)18(13)16-9)7-17(2)8-11-4-3-5-20-11/h6,11H,3-5,7-8H2,1-2H3,(H,14,15,16). The van der Waals surface area contributed by atoms with Crippen LogP contribution in [0, 0.1) is 6.92 Å². The average Bonchev–Trinajstić information content (AvgIpc) is 2.98. The number of hydrogen-bond acceptors (Lipinski definition) is 5. The second-order valence-electron chi connectivity index (χ2n) is 5.36. The quantitative estimate of drug-likeness (QED) is 0.872. The molecule has 1 atom stereocenters. The van der Waals surface area contributed by atoms with Crippen LogP contribution >= 0.6 is 0 Å². The van der Waals surface area contributed by atoms with Gasteiger partial charge in [0.05, 0.1) is 11.8 Å². The van der Waals surface area contributed by atoms with Gasteiger partial charge in [-0.05, 0) is 26.8 Å². The molecule has 7 heteroatoms.